The van der Waals surface area contributed by atoms with Gasteiger partial charge in [0.1, 0.15) is 11.0 Å². The van der Waals surface area contributed by atoms with Crippen LogP contribution >= 0.6 is 11.6 Å². The Hall–Kier alpha value is -1.92. The minimum Gasteiger partial charge on any atom is -0.348 e. The number of carbonyl (C=O) groups excluding carboxylic acids is 1. The van der Waals surface area contributed by atoms with Crippen LogP contribution in [0.4, 0.5) is 4.39 Å². The summed E-state index contributed by atoms with van der Waals surface area (Å²) in [6.45, 7) is 8.99. The summed E-state index contributed by atoms with van der Waals surface area (Å²) in [5.74, 6) is 0.133. The third-order valence-electron chi connectivity index (χ3n) is 4.95. The number of amides is 1. The van der Waals surface area contributed by atoms with Crippen LogP contribution < -0.4 is 5.32 Å². The molecule has 7 heteroatoms. The van der Waals surface area contributed by atoms with Crippen LogP contribution in [0.2, 0.25) is 5.15 Å². The van der Waals surface area contributed by atoms with E-state index in [-0.39, 0.29) is 22.9 Å². The first-order chi connectivity index (χ1) is 12.8. The Labute approximate surface area is 164 Å². The van der Waals surface area contributed by atoms with E-state index in [4.69, 9.17) is 11.6 Å². The van der Waals surface area contributed by atoms with Crippen LogP contribution in [0.3, 0.4) is 0 Å². The van der Waals surface area contributed by atoms with E-state index in [1.54, 1.807) is 19.1 Å². The van der Waals surface area contributed by atoms with Crippen LogP contribution in [0.15, 0.2) is 24.3 Å². The van der Waals surface area contributed by atoms with Gasteiger partial charge < -0.3 is 10.2 Å². The molecule has 0 saturated carbocycles. The van der Waals surface area contributed by atoms with E-state index in [0.29, 0.717) is 22.9 Å². The lowest BCUT2D eigenvalue weighted by Crippen LogP contribution is -2.45. The lowest BCUT2D eigenvalue weighted by molar-refractivity contribution is 0.0919. The maximum absolute atomic E-state index is 13.1. The number of halogens is 2. The third kappa shape index (κ3) is 4.68. The number of nitrogens with zero attached hydrogens (tertiary/aromatic N) is 3. The molecule has 2 atom stereocenters. The lowest BCUT2D eigenvalue weighted by atomic mass is 10.00. The highest BCUT2D eigenvalue weighted by atomic mass is 35.5. The van der Waals surface area contributed by atoms with Crippen LogP contribution in [0.1, 0.15) is 42.7 Å². The van der Waals surface area contributed by atoms with Gasteiger partial charge in [-0.15, -0.1) is 0 Å². The maximum atomic E-state index is 13.1. The Kier molecular flexibility index (Phi) is 6.17. The van der Waals surface area contributed by atoms with E-state index >= 15 is 0 Å². The number of nitrogens with one attached hydrogen (secondary N) is 1. The molecule has 27 heavy (non-hydrogen) atoms. The Balaban J connectivity index is 1.70. The Morgan fingerprint density at radius 3 is 2.78 bits per heavy atom. The molecule has 1 aromatic carbocycles. The molecule has 1 amide bonds. The molecule has 1 aromatic heterocycles. The second-order valence-electron chi connectivity index (χ2n) is 7.52. The molecular weight excluding hydrogens is 367 g/mol. The van der Waals surface area contributed by atoms with Gasteiger partial charge in [0.15, 0.2) is 0 Å². The fourth-order valence-electron chi connectivity index (χ4n) is 3.69. The first-order valence-electron chi connectivity index (χ1n) is 9.39. The smallest absolute Gasteiger partial charge is 0.256 e. The van der Waals surface area contributed by atoms with Crippen molar-refractivity contribution in [1.29, 1.82) is 0 Å². The first-order valence-corrected chi connectivity index (χ1v) is 9.77. The Morgan fingerprint density at radius 1 is 1.41 bits per heavy atom. The molecule has 1 aliphatic rings. The standard InChI is InChI=1S/C20H26ClFN4O/c1-13-5-4-10-25(11-13)12-14(2)23-20(27)18-15(3)24-26(19(18)21)17-8-6-16(22)7-9-17/h6-9,13-14H,4-5,10-12H2,1-3H3,(H,23,27)/t13-,14-/m0/s1. The fourth-order valence-corrected chi connectivity index (χ4v) is 4.05. The number of aryl methyl sites for hydroxylation is 1. The Bertz CT molecular complexity index is 805. The monoisotopic (exact) mass is 392 g/mol. The minimum atomic E-state index is -0.336. The zero-order chi connectivity index (χ0) is 19.6. The summed E-state index contributed by atoms with van der Waals surface area (Å²) in [7, 11) is 0. The number of rotatable bonds is 5. The molecular formula is C20H26ClFN4O. The summed E-state index contributed by atoms with van der Waals surface area (Å²) < 4.78 is 14.6. The molecule has 1 fully saturated rings. The van der Waals surface area contributed by atoms with Crippen molar-refractivity contribution >= 4 is 17.5 Å². The predicted molar refractivity (Wildman–Crippen MR) is 105 cm³/mol. The number of piperidine rings is 1. The molecule has 1 aliphatic heterocycles. The van der Waals surface area contributed by atoms with Crippen LogP contribution in [-0.4, -0.2) is 46.3 Å². The highest BCUT2D eigenvalue weighted by molar-refractivity contribution is 6.33. The first kappa shape index (κ1) is 19.8. The van der Waals surface area contributed by atoms with E-state index in [1.807, 2.05) is 6.92 Å². The number of likely N-dealkylation sites (tertiary alicyclic amines) is 1. The van der Waals surface area contributed by atoms with Gasteiger partial charge in [0, 0.05) is 19.1 Å². The molecule has 5 nitrogen and oxygen atoms in total. The predicted octanol–water partition coefficient (Wildman–Crippen LogP) is 3.82. The molecule has 1 N–H and O–H groups in total. The van der Waals surface area contributed by atoms with Crippen LogP contribution in [0, 0.1) is 18.7 Å². The van der Waals surface area contributed by atoms with E-state index in [1.165, 1.54) is 29.7 Å². The van der Waals surface area contributed by atoms with Gasteiger partial charge in [0.05, 0.1) is 16.9 Å². The lowest BCUT2D eigenvalue weighted by Gasteiger charge is -2.32. The van der Waals surface area contributed by atoms with E-state index in [9.17, 15) is 9.18 Å². The number of hydrogen-bond acceptors (Lipinski definition) is 3. The van der Waals surface area contributed by atoms with E-state index in [2.05, 4.69) is 22.2 Å². The summed E-state index contributed by atoms with van der Waals surface area (Å²) in [4.78, 5) is 15.2. The number of aromatic nitrogens is 2. The summed E-state index contributed by atoms with van der Waals surface area (Å²) >= 11 is 6.43. The van der Waals surface area contributed by atoms with Gasteiger partial charge in [-0.1, -0.05) is 18.5 Å². The fraction of sp³-hybridized carbons (Fsp3) is 0.500. The third-order valence-corrected chi connectivity index (χ3v) is 5.30. The normalized spacial score (nSPS) is 19.1. The maximum Gasteiger partial charge on any atom is 0.256 e. The van der Waals surface area contributed by atoms with Crippen molar-refractivity contribution < 1.29 is 9.18 Å². The van der Waals surface area contributed by atoms with Crippen molar-refractivity contribution in [2.45, 2.75) is 39.7 Å². The quantitative estimate of drug-likeness (QED) is 0.841. The van der Waals surface area contributed by atoms with Gasteiger partial charge in [0.25, 0.3) is 5.91 Å². The highest BCUT2D eigenvalue weighted by Gasteiger charge is 2.24. The molecule has 3 rings (SSSR count). The van der Waals surface area contributed by atoms with Crippen molar-refractivity contribution in [2.75, 3.05) is 19.6 Å². The second kappa shape index (κ2) is 8.40. The number of benzene rings is 1. The molecule has 146 valence electrons. The summed E-state index contributed by atoms with van der Waals surface area (Å²) in [5.41, 5.74) is 1.51. The molecule has 1 saturated heterocycles. The van der Waals surface area contributed by atoms with E-state index in [0.717, 1.165) is 19.6 Å². The van der Waals surface area contributed by atoms with Gasteiger partial charge in [-0.3, -0.25) is 4.79 Å². The summed E-state index contributed by atoms with van der Waals surface area (Å²) in [6, 6.07) is 5.84. The molecule has 0 unspecified atom stereocenters. The van der Waals surface area contributed by atoms with Gasteiger partial charge in [0.2, 0.25) is 0 Å². The molecule has 2 heterocycles. The van der Waals surface area contributed by atoms with E-state index < -0.39 is 0 Å². The minimum absolute atomic E-state index is 0.00689. The topological polar surface area (TPSA) is 50.2 Å². The average molecular weight is 393 g/mol. The zero-order valence-corrected chi connectivity index (χ0v) is 16.8. The van der Waals surface area contributed by atoms with Crippen molar-refractivity contribution in [3.05, 3.63) is 46.5 Å². The SMILES string of the molecule is Cc1nn(-c2ccc(F)cc2)c(Cl)c1C(=O)N[C@@H](C)CN1CCC[C@H](C)C1. The van der Waals surface area contributed by atoms with Gasteiger partial charge >= 0.3 is 0 Å². The molecule has 2 aromatic rings. The van der Waals surface area contributed by atoms with Crippen LogP contribution in [0.25, 0.3) is 5.69 Å². The van der Waals surface area contributed by atoms with Crippen molar-refractivity contribution in [3.8, 4) is 5.69 Å². The molecule has 0 radical (unpaired) electrons. The summed E-state index contributed by atoms with van der Waals surface area (Å²) in [5, 5.41) is 7.62. The van der Waals surface area contributed by atoms with Crippen LogP contribution in [-0.2, 0) is 0 Å². The van der Waals surface area contributed by atoms with Crippen molar-refractivity contribution in [2.24, 2.45) is 5.92 Å². The largest absolute Gasteiger partial charge is 0.348 e. The number of hydrogen-bond donors (Lipinski definition) is 1. The van der Waals surface area contributed by atoms with Crippen LogP contribution in [0.5, 0.6) is 0 Å². The zero-order valence-electron chi connectivity index (χ0n) is 16.0. The molecule has 0 spiro atoms. The van der Waals surface area contributed by atoms with Gasteiger partial charge in [-0.05, 0) is 63.4 Å². The average Bonchev–Trinajstić information content (AvgIpc) is 2.90. The number of carbonyl (C=O) groups is 1. The Morgan fingerprint density at radius 2 is 2.11 bits per heavy atom. The highest BCUT2D eigenvalue weighted by Crippen LogP contribution is 2.24. The van der Waals surface area contributed by atoms with Gasteiger partial charge in [-0.25, -0.2) is 9.07 Å². The molecule has 0 aliphatic carbocycles. The van der Waals surface area contributed by atoms with Crippen molar-refractivity contribution in [3.63, 3.8) is 0 Å². The van der Waals surface area contributed by atoms with Gasteiger partial charge in [-0.2, -0.15) is 5.10 Å². The summed E-state index contributed by atoms with van der Waals surface area (Å²) in [6.07, 6.45) is 2.48. The second-order valence-corrected chi connectivity index (χ2v) is 7.88. The molecule has 0 bridgehead atoms. The van der Waals surface area contributed by atoms with Crippen molar-refractivity contribution in [1.82, 2.24) is 20.0 Å².